The van der Waals surface area contributed by atoms with Gasteiger partial charge in [-0.3, -0.25) is 4.79 Å². The van der Waals surface area contributed by atoms with E-state index in [0.29, 0.717) is 30.4 Å². The first-order chi connectivity index (χ1) is 11.7. The predicted octanol–water partition coefficient (Wildman–Crippen LogP) is 3.23. The van der Waals surface area contributed by atoms with Crippen LogP contribution in [0.5, 0.6) is 11.5 Å². The Morgan fingerprint density at radius 3 is 2.83 bits per heavy atom. The van der Waals surface area contributed by atoms with Gasteiger partial charge in [-0.25, -0.2) is 0 Å². The van der Waals surface area contributed by atoms with E-state index in [1.54, 1.807) is 12.1 Å². The standard InChI is InChI=1S/C14H15BrN4O3S2/c1-2-16-13-18-19-14(24-13)23-7-12(20)17-9-6-11-10(5-8(9)15)21-3-4-22-11/h5-6H,2-4,7H2,1H3,(H,16,18)(H,17,20). The molecule has 1 aliphatic heterocycles. The van der Waals surface area contributed by atoms with Crippen molar-refractivity contribution in [2.45, 2.75) is 11.3 Å². The van der Waals surface area contributed by atoms with Crippen LogP contribution in [0.1, 0.15) is 6.92 Å². The number of halogens is 1. The van der Waals surface area contributed by atoms with Gasteiger partial charge in [0, 0.05) is 23.2 Å². The van der Waals surface area contributed by atoms with Gasteiger partial charge in [0.05, 0.1) is 11.4 Å². The molecule has 24 heavy (non-hydrogen) atoms. The summed E-state index contributed by atoms with van der Waals surface area (Å²) in [5, 5.41) is 14.7. The van der Waals surface area contributed by atoms with Crippen LogP contribution in [0.4, 0.5) is 10.8 Å². The summed E-state index contributed by atoms with van der Waals surface area (Å²) >= 11 is 6.22. The number of rotatable bonds is 6. The number of hydrogen-bond donors (Lipinski definition) is 2. The zero-order valence-corrected chi connectivity index (χ0v) is 16.0. The third-order valence-corrected chi connectivity index (χ3v) is 5.64. The molecule has 0 unspecified atom stereocenters. The Hall–Kier alpha value is -1.52. The van der Waals surface area contributed by atoms with Crippen LogP contribution in [0.3, 0.4) is 0 Å². The smallest absolute Gasteiger partial charge is 0.234 e. The van der Waals surface area contributed by atoms with E-state index in [1.165, 1.54) is 23.1 Å². The fourth-order valence-electron chi connectivity index (χ4n) is 1.96. The Morgan fingerprint density at radius 1 is 1.33 bits per heavy atom. The van der Waals surface area contributed by atoms with Gasteiger partial charge in [-0.05, 0) is 22.9 Å². The molecule has 1 aromatic carbocycles. The van der Waals surface area contributed by atoms with Gasteiger partial charge in [-0.1, -0.05) is 23.1 Å². The van der Waals surface area contributed by atoms with Crippen LogP contribution >= 0.6 is 39.0 Å². The monoisotopic (exact) mass is 430 g/mol. The van der Waals surface area contributed by atoms with Crippen molar-refractivity contribution < 1.29 is 14.3 Å². The van der Waals surface area contributed by atoms with Crippen LogP contribution in [-0.4, -0.2) is 41.6 Å². The number of aromatic nitrogens is 2. The van der Waals surface area contributed by atoms with Crippen LogP contribution < -0.4 is 20.1 Å². The summed E-state index contributed by atoms with van der Waals surface area (Å²) < 4.78 is 12.5. The molecule has 0 radical (unpaired) electrons. The summed E-state index contributed by atoms with van der Waals surface area (Å²) in [4.78, 5) is 12.2. The second-order valence-corrected chi connectivity index (χ2v) is 7.77. The van der Waals surface area contributed by atoms with Crippen molar-refractivity contribution in [1.82, 2.24) is 10.2 Å². The molecule has 0 fully saturated rings. The van der Waals surface area contributed by atoms with E-state index in [4.69, 9.17) is 9.47 Å². The lowest BCUT2D eigenvalue weighted by Crippen LogP contribution is -2.17. The Bertz CT molecular complexity index is 741. The first kappa shape index (κ1) is 17.3. The molecule has 0 spiro atoms. The molecule has 0 atom stereocenters. The van der Waals surface area contributed by atoms with Crippen molar-refractivity contribution >= 4 is 55.8 Å². The molecule has 2 N–H and O–H groups in total. The van der Waals surface area contributed by atoms with Gasteiger partial charge in [-0.2, -0.15) is 0 Å². The van der Waals surface area contributed by atoms with Gasteiger partial charge in [0.15, 0.2) is 15.8 Å². The second-order valence-electron chi connectivity index (χ2n) is 4.72. The molecule has 0 bridgehead atoms. The largest absolute Gasteiger partial charge is 0.486 e. The molecular weight excluding hydrogens is 416 g/mol. The van der Waals surface area contributed by atoms with Gasteiger partial charge in [-0.15, -0.1) is 10.2 Å². The number of carbonyl (C=O) groups is 1. The number of fused-ring (bicyclic) bond motifs is 1. The lowest BCUT2D eigenvalue weighted by Gasteiger charge is -2.20. The number of anilines is 2. The third kappa shape index (κ3) is 4.31. The van der Waals surface area contributed by atoms with Crippen LogP contribution in [0.2, 0.25) is 0 Å². The van der Waals surface area contributed by atoms with E-state index in [1.807, 2.05) is 6.92 Å². The van der Waals surface area contributed by atoms with Gasteiger partial charge < -0.3 is 20.1 Å². The first-order valence-electron chi connectivity index (χ1n) is 7.25. The Kier molecular flexibility index (Phi) is 5.80. The maximum absolute atomic E-state index is 12.2. The zero-order valence-electron chi connectivity index (χ0n) is 12.8. The molecule has 1 amide bonds. The molecule has 7 nitrogen and oxygen atoms in total. The molecule has 3 rings (SSSR count). The van der Waals surface area contributed by atoms with Crippen LogP contribution in [0.25, 0.3) is 0 Å². The van der Waals surface area contributed by atoms with E-state index in [2.05, 4.69) is 36.8 Å². The average Bonchev–Trinajstić information content (AvgIpc) is 3.02. The second kappa shape index (κ2) is 8.04. The van der Waals surface area contributed by atoms with Crippen molar-refractivity contribution in [2.24, 2.45) is 0 Å². The van der Waals surface area contributed by atoms with Gasteiger partial charge in [0.1, 0.15) is 13.2 Å². The Labute approximate surface area is 155 Å². The molecule has 0 aliphatic carbocycles. The summed E-state index contributed by atoms with van der Waals surface area (Å²) in [5.74, 6) is 1.43. The minimum absolute atomic E-state index is 0.127. The molecular formula is C14H15BrN4O3S2. The quantitative estimate of drug-likeness (QED) is 0.680. The SMILES string of the molecule is CCNc1nnc(SCC(=O)Nc2cc3c(cc2Br)OCCO3)s1. The van der Waals surface area contributed by atoms with E-state index < -0.39 is 0 Å². The number of nitrogens with zero attached hydrogens (tertiary/aromatic N) is 2. The highest BCUT2D eigenvalue weighted by atomic mass is 79.9. The number of benzene rings is 1. The highest BCUT2D eigenvalue weighted by molar-refractivity contribution is 9.10. The lowest BCUT2D eigenvalue weighted by molar-refractivity contribution is -0.113. The summed E-state index contributed by atoms with van der Waals surface area (Å²) in [6.07, 6.45) is 0. The number of nitrogens with one attached hydrogen (secondary N) is 2. The number of ether oxygens (including phenoxy) is 2. The highest BCUT2D eigenvalue weighted by Gasteiger charge is 2.16. The van der Waals surface area contributed by atoms with Crippen LogP contribution in [-0.2, 0) is 4.79 Å². The molecule has 1 aliphatic rings. The Morgan fingerprint density at radius 2 is 2.08 bits per heavy atom. The molecule has 1 aromatic heterocycles. The van der Waals surface area contributed by atoms with Crippen molar-refractivity contribution in [3.8, 4) is 11.5 Å². The predicted molar refractivity (Wildman–Crippen MR) is 98.6 cm³/mol. The maximum Gasteiger partial charge on any atom is 0.234 e. The van der Waals surface area contributed by atoms with Crippen molar-refractivity contribution in [1.29, 1.82) is 0 Å². The third-order valence-electron chi connectivity index (χ3n) is 2.97. The summed E-state index contributed by atoms with van der Waals surface area (Å²) in [6, 6.07) is 3.56. The number of carbonyl (C=O) groups excluding carboxylic acids is 1. The molecule has 0 saturated carbocycles. The Balaban J connectivity index is 1.58. The van der Waals surface area contributed by atoms with Gasteiger partial charge in [0.2, 0.25) is 11.0 Å². The maximum atomic E-state index is 12.2. The van der Waals surface area contributed by atoms with Crippen molar-refractivity contribution in [3.63, 3.8) is 0 Å². The van der Waals surface area contributed by atoms with Crippen LogP contribution in [0, 0.1) is 0 Å². The minimum atomic E-state index is -0.127. The highest BCUT2D eigenvalue weighted by Crippen LogP contribution is 2.38. The molecule has 2 aromatic rings. The molecule has 0 saturated heterocycles. The average molecular weight is 431 g/mol. The van der Waals surface area contributed by atoms with Gasteiger partial charge in [0.25, 0.3) is 0 Å². The summed E-state index contributed by atoms with van der Waals surface area (Å²) in [7, 11) is 0. The summed E-state index contributed by atoms with van der Waals surface area (Å²) in [6.45, 7) is 3.81. The fourth-order valence-corrected chi connectivity index (χ4v) is 4.01. The van der Waals surface area contributed by atoms with E-state index in [0.717, 1.165) is 20.5 Å². The van der Waals surface area contributed by atoms with Gasteiger partial charge >= 0.3 is 0 Å². The molecule has 128 valence electrons. The zero-order chi connectivity index (χ0) is 16.9. The minimum Gasteiger partial charge on any atom is -0.486 e. The molecule has 2 heterocycles. The topological polar surface area (TPSA) is 85.4 Å². The number of hydrogen-bond acceptors (Lipinski definition) is 8. The molecule has 10 heteroatoms. The normalized spacial score (nSPS) is 12.8. The summed E-state index contributed by atoms with van der Waals surface area (Å²) in [5.41, 5.74) is 0.649. The fraction of sp³-hybridized carbons (Fsp3) is 0.357. The van der Waals surface area contributed by atoms with E-state index >= 15 is 0 Å². The van der Waals surface area contributed by atoms with E-state index in [9.17, 15) is 4.79 Å². The van der Waals surface area contributed by atoms with Crippen molar-refractivity contribution in [3.05, 3.63) is 16.6 Å². The first-order valence-corrected chi connectivity index (χ1v) is 9.84. The number of amides is 1. The van der Waals surface area contributed by atoms with Crippen LogP contribution in [0.15, 0.2) is 20.9 Å². The lowest BCUT2D eigenvalue weighted by atomic mass is 10.2. The number of thioether (sulfide) groups is 1. The van der Waals surface area contributed by atoms with E-state index in [-0.39, 0.29) is 11.7 Å². The van der Waals surface area contributed by atoms with Crippen molar-refractivity contribution in [2.75, 3.05) is 36.1 Å².